The van der Waals surface area contributed by atoms with Crippen LogP contribution in [0.5, 0.6) is 0 Å². The van der Waals surface area contributed by atoms with Crippen LogP contribution in [0.2, 0.25) is 0 Å². The Kier molecular flexibility index (Phi) is 3.72. The van der Waals surface area contributed by atoms with E-state index in [0.717, 1.165) is 29.0 Å². The molecular weight excluding hydrogens is 350 g/mol. The van der Waals surface area contributed by atoms with Gasteiger partial charge in [-0.05, 0) is 60.4 Å². The number of nitrogens with zero attached hydrogens (tertiary/aromatic N) is 6. The average molecular weight is 373 g/mol. The van der Waals surface area contributed by atoms with Crippen molar-refractivity contribution >= 4 is 16.7 Å². The van der Waals surface area contributed by atoms with Crippen LogP contribution in [0.15, 0.2) is 54.9 Å². The van der Waals surface area contributed by atoms with Crippen molar-refractivity contribution in [2.24, 2.45) is 0 Å². The minimum atomic E-state index is -0.371. The number of benzene rings is 2. The van der Waals surface area contributed by atoms with E-state index < -0.39 is 0 Å². The van der Waals surface area contributed by atoms with Crippen LogP contribution in [-0.2, 0) is 5.66 Å². The predicted octanol–water partition coefficient (Wildman–Crippen LogP) is 4.00. The first kappa shape index (κ1) is 16.9. The van der Waals surface area contributed by atoms with Crippen LogP contribution < -0.4 is 4.90 Å². The molecule has 4 aromatic rings. The van der Waals surface area contributed by atoms with Gasteiger partial charge in [0.2, 0.25) is 0 Å². The average Bonchev–Trinajstić information content (AvgIpc) is 3.40. The highest BCUT2D eigenvalue weighted by molar-refractivity contribution is 5.79. The number of hydrogen-bond donors (Lipinski definition) is 1. The lowest BCUT2D eigenvalue weighted by atomic mass is 9.92. The minimum Gasteiger partial charge on any atom is -0.345 e. The highest BCUT2D eigenvalue weighted by Crippen LogP contribution is 2.46. The van der Waals surface area contributed by atoms with E-state index in [1.165, 1.54) is 5.56 Å². The van der Waals surface area contributed by atoms with Gasteiger partial charge in [0, 0.05) is 5.69 Å². The molecule has 2 atom stereocenters. The number of rotatable bonds is 4. The fraction of sp³-hybridized carbons (Fsp3) is 0.333. The molecule has 0 spiro atoms. The van der Waals surface area contributed by atoms with Crippen LogP contribution in [0.3, 0.4) is 0 Å². The largest absolute Gasteiger partial charge is 0.345 e. The zero-order valence-corrected chi connectivity index (χ0v) is 16.2. The van der Waals surface area contributed by atoms with Crippen molar-refractivity contribution in [1.82, 2.24) is 30.2 Å². The summed E-state index contributed by atoms with van der Waals surface area (Å²) in [4.78, 5) is 10.0. The van der Waals surface area contributed by atoms with E-state index in [4.69, 9.17) is 0 Å². The van der Waals surface area contributed by atoms with Crippen LogP contribution in [0, 0.1) is 0 Å². The van der Waals surface area contributed by atoms with Gasteiger partial charge in [-0.1, -0.05) is 37.3 Å². The lowest BCUT2D eigenvalue weighted by molar-refractivity contribution is 0.318. The first-order chi connectivity index (χ1) is 13.6. The number of imidazole rings is 1. The number of anilines is 1. The number of tetrazole rings is 1. The van der Waals surface area contributed by atoms with Crippen molar-refractivity contribution in [2.75, 3.05) is 4.90 Å². The van der Waals surface area contributed by atoms with Gasteiger partial charge in [-0.25, -0.2) is 9.67 Å². The molecule has 3 heterocycles. The highest BCUT2D eigenvalue weighted by Gasteiger charge is 2.47. The van der Waals surface area contributed by atoms with Gasteiger partial charge in [0.15, 0.2) is 5.82 Å². The normalized spacial score (nSPS) is 19.1. The smallest absolute Gasteiger partial charge is 0.176 e. The number of fused-ring (bicyclic) bond motifs is 2. The molecule has 7 nitrogen and oxygen atoms in total. The molecule has 0 radical (unpaired) electrons. The van der Waals surface area contributed by atoms with E-state index in [9.17, 15) is 0 Å². The SMILES string of the molecule is CC(CC1c2nnnn2C(C)(C)N1c1ccc2[nH]cnc2c1)c1ccccc1. The van der Waals surface area contributed by atoms with Gasteiger partial charge in [-0.2, -0.15) is 0 Å². The topological polar surface area (TPSA) is 75.5 Å². The van der Waals surface area contributed by atoms with Gasteiger partial charge < -0.3 is 9.88 Å². The second-order valence-corrected chi connectivity index (χ2v) is 7.98. The van der Waals surface area contributed by atoms with E-state index in [0.29, 0.717) is 5.92 Å². The highest BCUT2D eigenvalue weighted by atomic mass is 15.6. The standard InChI is InChI=1S/C21H23N7/c1-14(15-7-5-4-6-8-15)11-19-20-24-25-26-28(20)21(2,3)27(19)16-9-10-17-18(12-16)23-13-22-17/h4-10,12-14,19H,11H2,1-3H3,(H,22,23). The van der Waals surface area contributed by atoms with Crippen molar-refractivity contribution in [2.45, 2.75) is 44.8 Å². The Balaban J connectivity index is 1.57. The third-order valence-electron chi connectivity index (χ3n) is 5.84. The quantitative estimate of drug-likeness (QED) is 0.585. The van der Waals surface area contributed by atoms with Crippen molar-refractivity contribution in [3.63, 3.8) is 0 Å². The predicted molar refractivity (Wildman–Crippen MR) is 108 cm³/mol. The summed E-state index contributed by atoms with van der Waals surface area (Å²) >= 11 is 0. The van der Waals surface area contributed by atoms with Crippen LogP contribution in [0.4, 0.5) is 5.69 Å². The first-order valence-electron chi connectivity index (χ1n) is 9.62. The maximum absolute atomic E-state index is 4.44. The Morgan fingerprint density at radius 1 is 1.14 bits per heavy atom. The molecule has 0 saturated carbocycles. The molecule has 0 aliphatic carbocycles. The molecule has 1 N–H and O–H groups in total. The zero-order chi connectivity index (χ0) is 19.3. The summed E-state index contributed by atoms with van der Waals surface area (Å²) in [5.74, 6) is 1.29. The molecule has 142 valence electrons. The Morgan fingerprint density at radius 3 is 2.79 bits per heavy atom. The summed E-state index contributed by atoms with van der Waals surface area (Å²) in [6, 6.07) is 17.1. The zero-order valence-electron chi connectivity index (χ0n) is 16.2. The second-order valence-electron chi connectivity index (χ2n) is 7.98. The maximum atomic E-state index is 4.44. The van der Waals surface area contributed by atoms with E-state index in [1.54, 1.807) is 6.33 Å². The summed E-state index contributed by atoms with van der Waals surface area (Å²) in [6.07, 6.45) is 2.65. The van der Waals surface area contributed by atoms with E-state index in [-0.39, 0.29) is 11.7 Å². The molecule has 0 amide bonds. The molecule has 0 bridgehead atoms. The molecule has 7 heteroatoms. The molecule has 2 unspecified atom stereocenters. The van der Waals surface area contributed by atoms with Gasteiger partial charge in [0.05, 0.1) is 23.4 Å². The van der Waals surface area contributed by atoms with Crippen LogP contribution in [0.1, 0.15) is 50.5 Å². The third kappa shape index (κ3) is 2.50. The Labute approximate surface area is 163 Å². The first-order valence-corrected chi connectivity index (χ1v) is 9.62. The monoisotopic (exact) mass is 373 g/mol. The van der Waals surface area contributed by atoms with Crippen molar-refractivity contribution in [3.05, 3.63) is 66.2 Å². The summed E-state index contributed by atoms with van der Waals surface area (Å²) in [6.45, 7) is 6.59. The number of H-pyrrole nitrogens is 1. The number of hydrogen-bond acceptors (Lipinski definition) is 5. The number of nitrogens with one attached hydrogen (secondary N) is 1. The molecule has 28 heavy (non-hydrogen) atoms. The molecule has 0 saturated heterocycles. The fourth-order valence-corrected chi connectivity index (χ4v) is 4.42. The van der Waals surface area contributed by atoms with E-state index in [1.807, 2.05) is 4.68 Å². The van der Waals surface area contributed by atoms with Gasteiger partial charge >= 0.3 is 0 Å². The molecule has 1 aliphatic heterocycles. The van der Waals surface area contributed by atoms with Crippen molar-refractivity contribution < 1.29 is 0 Å². The number of aromatic amines is 1. The summed E-state index contributed by atoms with van der Waals surface area (Å²) in [5.41, 5.74) is 4.06. The summed E-state index contributed by atoms with van der Waals surface area (Å²) < 4.78 is 1.95. The molecule has 1 aliphatic rings. The summed E-state index contributed by atoms with van der Waals surface area (Å²) in [7, 11) is 0. The number of aromatic nitrogens is 6. The van der Waals surface area contributed by atoms with Crippen molar-refractivity contribution in [3.8, 4) is 0 Å². The van der Waals surface area contributed by atoms with Crippen LogP contribution >= 0.6 is 0 Å². The maximum Gasteiger partial charge on any atom is 0.176 e. The Bertz CT molecular complexity index is 1110. The fourth-order valence-electron chi connectivity index (χ4n) is 4.42. The van der Waals surface area contributed by atoms with E-state index >= 15 is 0 Å². The lowest BCUT2D eigenvalue weighted by Gasteiger charge is -2.37. The van der Waals surface area contributed by atoms with E-state index in [2.05, 4.69) is 99.7 Å². The van der Waals surface area contributed by atoms with Gasteiger partial charge in [0.1, 0.15) is 5.66 Å². The van der Waals surface area contributed by atoms with Gasteiger partial charge in [-0.15, -0.1) is 5.10 Å². The molecule has 2 aromatic carbocycles. The molecule has 2 aromatic heterocycles. The minimum absolute atomic E-state index is 0.0802. The lowest BCUT2D eigenvalue weighted by Crippen LogP contribution is -2.42. The third-order valence-corrected chi connectivity index (χ3v) is 5.84. The Hall–Kier alpha value is -3.22. The van der Waals surface area contributed by atoms with Gasteiger partial charge in [-0.3, -0.25) is 0 Å². The molecule has 0 fully saturated rings. The van der Waals surface area contributed by atoms with Crippen LogP contribution in [-0.4, -0.2) is 30.2 Å². The second kappa shape index (κ2) is 6.15. The van der Waals surface area contributed by atoms with Gasteiger partial charge in [0.25, 0.3) is 0 Å². The summed E-state index contributed by atoms with van der Waals surface area (Å²) in [5, 5.41) is 12.6. The molecular formula is C21H23N7. The van der Waals surface area contributed by atoms with Crippen molar-refractivity contribution in [1.29, 1.82) is 0 Å². The Morgan fingerprint density at radius 2 is 1.96 bits per heavy atom. The molecule has 5 rings (SSSR count). The van der Waals surface area contributed by atoms with Crippen LogP contribution in [0.25, 0.3) is 11.0 Å².